The van der Waals surface area contributed by atoms with Crippen molar-refractivity contribution < 1.29 is 0 Å². The average Bonchev–Trinajstić information content (AvgIpc) is 2.35. The first-order valence-electron chi connectivity index (χ1n) is 7.32. The highest BCUT2D eigenvalue weighted by Crippen LogP contribution is 2.16. The molecule has 1 atom stereocenters. The summed E-state index contributed by atoms with van der Waals surface area (Å²) < 4.78 is 0. The summed E-state index contributed by atoms with van der Waals surface area (Å²) in [6.45, 7) is 5.71. The third-order valence-corrected chi connectivity index (χ3v) is 3.82. The van der Waals surface area contributed by atoms with Gasteiger partial charge in [-0.3, -0.25) is 4.90 Å². The Labute approximate surface area is 102 Å². The van der Waals surface area contributed by atoms with E-state index < -0.39 is 0 Å². The van der Waals surface area contributed by atoms with Crippen LogP contribution in [-0.4, -0.2) is 30.6 Å². The Morgan fingerprint density at radius 1 is 1.00 bits per heavy atom. The van der Waals surface area contributed by atoms with E-state index in [0.717, 1.165) is 6.54 Å². The summed E-state index contributed by atoms with van der Waals surface area (Å²) in [5.74, 6) is 0. The molecule has 2 heteroatoms. The molecule has 1 rings (SSSR count). The summed E-state index contributed by atoms with van der Waals surface area (Å²) >= 11 is 0. The molecule has 0 aromatic rings. The first-order chi connectivity index (χ1) is 7.88. The molecule has 0 amide bonds. The van der Waals surface area contributed by atoms with Crippen LogP contribution in [0.15, 0.2) is 0 Å². The number of likely N-dealkylation sites (tertiary alicyclic amines) is 1. The first kappa shape index (κ1) is 14.0. The highest BCUT2D eigenvalue weighted by Gasteiger charge is 2.18. The van der Waals surface area contributed by atoms with Crippen LogP contribution in [0.25, 0.3) is 0 Å². The number of hydrogen-bond donors (Lipinski definition) is 1. The van der Waals surface area contributed by atoms with Crippen molar-refractivity contribution in [3.63, 3.8) is 0 Å². The van der Waals surface area contributed by atoms with Gasteiger partial charge in [0, 0.05) is 12.6 Å². The van der Waals surface area contributed by atoms with Gasteiger partial charge >= 0.3 is 0 Å². The highest BCUT2D eigenvalue weighted by molar-refractivity contribution is 4.75. The van der Waals surface area contributed by atoms with E-state index in [1.165, 1.54) is 70.9 Å². The fourth-order valence-electron chi connectivity index (χ4n) is 2.72. The summed E-state index contributed by atoms with van der Waals surface area (Å²) in [5, 5.41) is 0. The molecule has 1 aliphatic heterocycles. The normalized spacial score (nSPS) is 19.9. The van der Waals surface area contributed by atoms with Crippen LogP contribution < -0.4 is 5.73 Å². The van der Waals surface area contributed by atoms with Crippen molar-refractivity contribution in [1.82, 2.24) is 4.90 Å². The summed E-state index contributed by atoms with van der Waals surface area (Å²) in [7, 11) is 0. The second-order valence-corrected chi connectivity index (χ2v) is 5.19. The van der Waals surface area contributed by atoms with Gasteiger partial charge in [0.1, 0.15) is 0 Å². The minimum absolute atomic E-state index is 0.668. The van der Waals surface area contributed by atoms with E-state index in [1.807, 2.05) is 0 Å². The molecule has 16 heavy (non-hydrogen) atoms. The molecule has 0 aliphatic carbocycles. The largest absolute Gasteiger partial charge is 0.329 e. The predicted molar refractivity (Wildman–Crippen MR) is 71.6 cm³/mol. The van der Waals surface area contributed by atoms with E-state index in [1.54, 1.807) is 0 Å². The van der Waals surface area contributed by atoms with Gasteiger partial charge in [-0.2, -0.15) is 0 Å². The van der Waals surface area contributed by atoms with Gasteiger partial charge in [0.05, 0.1) is 0 Å². The third-order valence-electron chi connectivity index (χ3n) is 3.82. The lowest BCUT2D eigenvalue weighted by molar-refractivity contribution is 0.156. The smallest absolute Gasteiger partial charge is 0.0218 e. The molecular formula is C14H30N2. The van der Waals surface area contributed by atoms with E-state index in [4.69, 9.17) is 5.73 Å². The minimum Gasteiger partial charge on any atom is -0.329 e. The van der Waals surface area contributed by atoms with Gasteiger partial charge in [0.15, 0.2) is 0 Å². The SMILES string of the molecule is CCCCCCCC(CN)N1CCCCC1. The molecule has 1 saturated heterocycles. The zero-order chi connectivity index (χ0) is 11.6. The van der Waals surface area contributed by atoms with Crippen molar-refractivity contribution in [2.45, 2.75) is 70.8 Å². The topological polar surface area (TPSA) is 29.3 Å². The summed E-state index contributed by atoms with van der Waals surface area (Å²) in [6, 6.07) is 0.668. The zero-order valence-corrected chi connectivity index (χ0v) is 11.1. The lowest BCUT2D eigenvalue weighted by atomic mass is 10.0. The maximum absolute atomic E-state index is 5.90. The molecule has 0 bridgehead atoms. The summed E-state index contributed by atoms with van der Waals surface area (Å²) in [5.41, 5.74) is 5.90. The number of piperidine rings is 1. The molecule has 1 fully saturated rings. The molecule has 2 N–H and O–H groups in total. The van der Waals surface area contributed by atoms with Crippen molar-refractivity contribution in [2.75, 3.05) is 19.6 Å². The fraction of sp³-hybridized carbons (Fsp3) is 1.00. The Morgan fingerprint density at radius 2 is 1.69 bits per heavy atom. The molecule has 0 radical (unpaired) electrons. The van der Waals surface area contributed by atoms with Gasteiger partial charge < -0.3 is 5.73 Å². The molecule has 0 aromatic carbocycles. The maximum Gasteiger partial charge on any atom is 0.0218 e. The van der Waals surface area contributed by atoms with Gasteiger partial charge in [-0.05, 0) is 32.4 Å². The Morgan fingerprint density at radius 3 is 2.31 bits per heavy atom. The van der Waals surface area contributed by atoms with E-state index in [0.29, 0.717) is 6.04 Å². The minimum atomic E-state index is 0.668. The van der Waals surface area contributed by atoms with Crippen LogP contribution in [0.1, 0.15) is 64.7 Å². The van der Waals surface area contributed by atoms with Crippen LogP contribution in [0.3, 0.4) is 0 Å². The zero-order valence-electron chi connectivity index (χ0n) is 11.1. The molecule has 1 unspecified atom stereocenters. The molecule has 2 nitrogen and oxygen atoms in total. The van der Waals surface area contributed by atoms with E-state index in [9.17, 15) is 0 Å². The third kappa shape index (κ3) is 5.31. The van der Waals surface area contributed by atoms with Crippen LogP contribution in [0, 0.1) is 0 Å². The molecular weight excluding hydrogens is 196 g/mol. The highest BCUT2D eigenvalue weighted by atomic mass is 15.2. The van der Waals surface area contributed by atoms with Gasteiger partial charge in [-0.25, -0.2) is 0 Å². The second kappa shape index (κ2) is 9.00. The van der Waals surface area contributed by atoms with Crippen LogP contribution >= 0.6 is 0 Å². The standard InChI is InChI=1S/C14H30N2/c1-2-3-4-5-7-10-14(13-15)16-11-8-6-9-12-16/h14H,2-13,15H2,1H3. The van der Waals surface area contributed by atoms with Crippen molar-refractivity contribution >= 4 is 0 Å². The summed E-state index contributed by atoms with van der Waals surface area (Å²) in [6.07, 6.45) is 12.4. The van der Waals surface area contributed by atoms with E-state index in [2.05, 4.69) is 11.8 Å². The van der Waals surface area contributed by atoms with Crippen LogP contribution in [0.4, 0.5) is 0 Å². The average molecular weight is 226 g/mol. The van der Waals surface area contributed by atoms with Gasteiger partial charge in [0.25, 0.3) is 0 Å². The van der Waals surface area contributed by atoms with E-state index in [-0.39, 0.29) is 0 Å². The summed E-state index contributed by atoms with van der Waals surface area (Å²) in [4.78, 5) is 2.63. The Bertz CT molecular complexity index is 153. The Balaban J connectivity index is 2.10. The molecule has 96 valence electrons. The number of nitrogens with two attached hydrogens (primary N) is 1. The van der Waals surface area contributed by atoms with Gasteiger partial charge in [-0.15, -0.1) is 0 Å². The fourth-order valence-corrected chi connectivity index (χ4v) is 2.72. The van der Waals surface area contributed by atoms with Crippen LogP contribution in [0.5, 0.6) is 0 Å². The van der Waals surface area contributed by atoms with Crippen molar-refractivity contribution in [1.29, 1.82) is 0 Å². The Kier molecular flexibility index (Phi) is 7.87. The van der Waals surface area contributed by atoms with Crippen molar-refractivity contribution in [2.24, 2.45) is 5.73 Å². The second-order valence-electron chi connectivity index (χ2n) is 5.19. The molecule has 1 heterocycles. The van der Waals surface area contributed by atoms with Crippen molar-refractivity contribution in [3.05, 3.63) is 0 Å². The Hall–Kier alpha value is -0.0800. The lowest BCUT2D eigenvalue weighted by Gasteiger charge is -2.34. The maximum atomic E-state index is 5.90. The first-order valence-corrected chi connectivity index (χ1v) is 7.32. The number of hydrogen-bond acceptors (Lipinski definition) is 2. The number of nitrogens with zero attached hydrogens (tertiary/aromatic N) is 1. The number of unbranched alkanes of at least 4 members (excludes halogenated alkanes) is 4. The number of rotatable bonds is 8. The van der Waals surface area contributed by atoms with Gasteiger partial charge in [0.2, 0.25) is 0 Å². The quantitative estimate of drug-likeness (QED) is 0.644. The molecule has 1 aliphatic rings. The monoisotopic (exact) mass is 226 g/mol. The molecule has 0 aromatic heterocycles. The van der Waals surface area contributed by atoms with Crippen LogP contribution in [-0.2, 0) is 0 Å². The molecule has 0 saturated carbocycles. The van der Waals surface area contributed by atoms with Crippen LogP contribution in [0.2, 0.25) is 0 Å². The predicted octanol–water partition coefficient (Wildman–Crippen LogP) is 3.16. The van der Waals surface area contributed by atoms with E-state index >= 15 is 0 Å². The van der Waals surface area contributed by atoms with Crippen molar-refractivity contribution in [3.8, 4) is 0 Å². The lowest BCUT2D eigenvalue weighted by Crippen LogP contribution is -2.43. The molecule has 0 spiro atoms. The van der Waals surface area contributed by atoms with Gasteiger partial charge in [-0.1, -0.05) is 45.4 Å².